The predicted octanol–water partition coefficient (Wildman–Crippen LogP) is 7.78. The molecule has 3 aromatic carbocycles. The summed E-state index contributed by atoms with van der Waals surface area (Å²) in [5, 5.41) is 0.688. The van der Waals surface area contributed by atoms with Crippen molar-refractivity contribution in [1.82, 2.24) is 4.98 Å². The number of halogens is 3. The molecule has 0 aliphatic rings. The Hall–Kier alpha value is -3.04. The van der Waals surface area contributed by atoms with Crippen molar-refractivity contribution in [3.63, 3.8) is 0 Å². The van der Waals surface area contributed by atoms with Gasteiger partial charge in [0, 0.05) is 16.2 Å². The van der Waals surface area contributed by atoms with Gasteiger partial charge in [0.15, 0.2) is 6.61 Å². The van der Waals surface area contributed by atoms with Gasteiger partial charge in [0.2, 0.25) is 0 Å². The molecule has 0 saturated heterocycles. The number of thioether (sulfide) groups is 1. The van der Waals surface area contributed by atoms with Gasteiger partial charge in [0.05, 0.1) is 22.4 Å². The molecule has 0 saturated carbocycles. The number of ether oxygens (including phenoxy) is 2. The quantitative estimate of drug-likeness (QED) is 0.163. The molecule has 188 valence electrons. The van der Waals surface area contributed by atoms with Crippen molar-refractivity contribution in [3.05, 3.63) is 77.4 Å². The summed E-state index contributed by atoms with van der Waals surface area (Å²) in [6, 6.07) is 16.9. The van der Waals surface area contributed by atoms with Gasteiger partial charge in [-0.05, 0) is 60.9 Å². The molecule has 0 bridgehead atoms. The first-order chi connectivity index (χ1) is 17.3. The molecule has 0 spiro atoms. The highest BCUT2D eigenvalue weighted by atomic mass is 32.2. The highest BCUT2D eigenvalue weighted by Gasteiger charge is 2.30. The molecule has 9 heteroatoms. The van der Waals surface area contributed by atoms with Crippen molar-refractivity contribution < 1.29 is 27.4 Å². The Bertz CT molecular complexity index is 1350. The predicted molar refractivity (Wildman–Crippen MR) is 138 cm³/mol. The minimum absolute atomic E-state index is 0.125. The Balaban J connectivity index is 1.49. The molecule has 4 nitrogen and oxygen atoms in total. The van der Waals surface area contributed by atoms with Gasteiger partial charge in [-0.2, -0.15) is 13.2 Å². The van der Waals surface area contributed by atoms with E-state index in [1.807, 2.05) is 37.3 Å². The SMILES string of the molecule is CCOC(=O)COc1ccc(SCc2cccc3sc(-c4ccc(C(F)(F)F)cc4)nc23)cc1CC. The van der Waals surface area contributed by atoms with E-state index in [0.717, 1.165) is 44.8 Å². The second kappa shape index (κ2) is 11.3. The second-order valence-electron chi connectivity index (χ2n) is 7.86. The average molecular weight is 532 g/mol. The maximum atomic E-state index is 12.9. The second-order valence-corrected chi connectivity index (χ2v) is 9.94. The standard InChI is InChI=1S/C27H24F3NO3S2/c1-3-17-14-21(12-13-22(17)34-15-24(32)33-4-2)35-16-19-6-5-7-23-25(19)31-26(36-23)18-8-10-20(11-9-18)27(28,29)30/h5-14H,3-4,15-16H2,1-2H3. The number of nitrogens with zero attached hydrogens (tertiary/aromatic N) is 1. The molecular formula is C27H24F3NO3S2. The van der Waals surface area contributed by atoms with Crippen LogP contribution in [-0.4, -0.2) is 24.2 Å². The first-order valence-corrected chi connectivity index (χ1v) is 13.2. The van der Waals surface area contributed by atoms with Crippen LogP contribution in [0.15, 0.2) is 65.6 Å². The van der Waals surface area contributed by atoms with E-state index in [4.69, 9.17) is 14.5 Å². The maximum Gasteiger partial charge on any atom is 0.416 e. The third kappa shape index (κ3) is 6.20. The number of aryl methyl sites for hydroxylation is 1. The topological polar surface area (TPSA) is 48.4 Å². The summed E-state index contributed by atoms with van der Waals surface area (Å²) in [5.74, 6) is 0.947. The van der Waals surface area contributed by atoms with E-state index < -0.39 is 17.7 Å². The first-order valence-electron chi connectivity index (χ1n) is 11.4. The molecule has 0 aliphatic heterocycles. The highest BCUT2D eigenvalue weighted by Crippen LogP contribution is 2.36. The van der Waals surface area contributed by atoms with Crippen LogP contribution in [0.4, 0.5) is 13.2 Å². The lowest BCUT2D eigenvalue weighted by Crippen LogP contribution is -2.15. The van der Waals surface area contributed by atoms with E-state index in [9.17, 15) is 18.0 Å². The fourth-order valence-corrected chi connectivity index (χ4v) is 5.57. The molecule has 0 unspecified atom stereocenters. The number of hydrogen-bond acceptors (Lipinski definition) is 6. The Morgan fingerprint density at radius 1 is 1.03 bits per heavy atom. The lowest BCUT2D eigenvalue weighted by Gasteiger charge is -2.12. The Kier molecular flexibility index (Phi) is 8.21. The van der Waals surface area contributed by atoms with Gasteiger partial charge < -0.3 is 9.47 Å². The molecule has 0 fully saturated rings. The number of carbonyl (C=O) groups excluding carboxylic acids is 1. The van der Waals surface area contributed by atoms with E-state index in [-0.39, 0.29) is 6.61 Å². The summed E-state index contributed by atoms with van der Waals surface area (Å²) in [6.45, 7) is 3.97. The van der Waals surface area contributed by atoms with Gasteiger partial charge in [-0.15, -0.1) is 23.1 Å². The molecule has 0 aliphatic carbocycles. The molecule has 1 aromatic heterocycles. The van der Waals surface area contributed by atoms with Gasteiger partial charge in [0.1, 0.15) is 10.8 Å². The number of esters is 1. The summed E-state index contributed by atoms with van der Waals surface area (Å²) in [6.07, 6.45) is -3.61. The Labute approximate surface area is 215 Å². The van der Waals surface area contributed by atoms with Gasteiger partial charge in [0.25, 0.3) is 0 Å². The minimum atomic E-state index is -4.36. The molecule has 0 N–H and O–H groups in total. The van der Waals surface area contributed by atoms with Crippen LogP contribution in [0.5, 0.6) is 5.75 Å². The summed E-state index contributed by atoms with van der Waals surface area (Å²) in [7, 11) is 0. The number of fused-ring (bicyclic) bond motifs is 1. The zero-order valence-electron chi connectivity index (χ0n) is 19.7. The van der Waals surface area contributed by atoms with Gasteiger partial charge in [-0.25, -0.2) is 9.78 Å². The van der Waals surface area contributed by atoms with Crippen molar-refractivity contribution >= 4 is 39.3 Å². The molecule has 36 heavy (non-hydrogen) atoms. The van der Waals surface area contributed by atoms with Gasteiger partial charge in [-0.3, -0.25) is 0 Å². The Morgan fingerprint density at radius 3 is 2.50 bits per heavy atom. The first kappa shape index (κ1) is 26.0. The number of hydrogen-bond donors (Lipinski definition) is 0. The van der Waals surface area contributed by atoms with E-state index >= 15 is 0 Å². The molecule has 0 radical (unpaired) electrons. The highest BCUT2D eigenvalue weighted by molar-refractivity contribution is 7.98. The van der Waals surface area contributed by atoms with Crippen LogP contribution in [0.2, 0.25) is 0 Å². The Morgan fingerprint density at radius 2 is 1.81 bits per heavy atom. The number of carbonyl (C=O) groups is 1. The van der Waals surface area contributed by atoms with Crippen molar-refractivity contribution in [3.8, 4) is 16.3 Å². The van der Waals surface area contributed by atoms with Crippen LogP contribution in [0, 0.1) is 0 Å². The molecule has 1 heterocycles. The average Bonchev–Trinajstić information content (AvgIpc) is 3.31. The van der Waals surface area contributed by atoms with E-state index in [1.54, 1.807) is 18.7 Å². The number of rotatable bonds is 9. The molecule has 4 rings (SSSR count). The fourth-order valence-electron chi connectivity index (χ4n) is 3.61. The number of thiazole rings is 1. The van der Waals surface area contributed by atoms with E-state index in [0.29, 0.717) is 28.7 Å². The zero-order valence-corrected chi connectivity index (χ0v) is 21.4. The third-order valence-electron chi connectivity index (χ3n) is 5.42. The summed E-state index contributed by atoms with van der Waals surface area (Å²) in [5.41, 5.74) is 2.89. The molecule has 0 amide bonds. The third-order valence-corrected chi connectivity index (χ3v) is 7.53. The number of benzene rings is 3. The normalized spacial score (nSPS) is 11.6. The van der Waals surface area contributed by atoms with Crippen molar-refractivity contribution in [2.75, 3.05) is 13.2 Å². The summed E-state index contributed by atoms with van der Waals surface area (Å²) < 4.78 is 50.2. The van der Waals surface area contributed by atoms with Crippen LogP contribution in [0.25, 0.3) is 20.8 Å². The summed E-state index contributed by atoms with van der Waals surface area (Å²) in [4.78, 5) is 17.4. The lowest BCUT2D eigenvalue weighted by atomic mass is 10.1. The lowest BCUT2D eigenvalue weighted by molar-refractivity contribution is -0.145. The monoisotopic (exact) mass is 531 g/mol. The van der Waals surface area contributed by atoms with Crippen LogP contribution in [0.1, 0.15) is 30.5 Å². The van der Waals surface area contributed by atoms with Crippen LogP contribution in [-0.2, 0) is 27.9 Å². The molecular weight excluding hydrogens is 507 g/mol. The molecule has 4 aromatic rings. The number of para-hydroxylation sites is 1. The van der Waals surface area contributed by atoms with E-state index in [2.05, 4.69) is 6.07 Å². The number of alkyl halides is 3. The minimum Gasteiger partial charge on any atom is -0.482 e. The van der Waals surface area contributed by atoms with Crippen LogP contribution >= 0.6 is 23.1 Å². The van der Waals surface area contributed by atoms with Crippen LogP contribution < -0.4 is 4.74 Å². The van der Waals surface area contributed by atoms with Crippen molar-refractivity contribution in [2.24, 2.45) is 0 Å². The smallest absolute Gasteiger partial charge is 0.416 e. The van der Waals surface area contributed by atoms with Crippen molar-refractivity contribution in [2.45, 2.75) is 37.1 Å². The number of aromatic nitrogens is 1. The van der Waals surface area contributed by atoms with E-state index in [1.165, 1.54) is 23.5 Å². The van der Waals surface area contributed by atoms with Crippen LogP contribution in [0.3, 0.4) is 0 Å². The largest absolute Gasteiger partial charge is 0.482 e. The molecule has 0 atom stereocenters. The van der Waals surface area contributed by atoms with Gasteiger partial charge >= 0.3 is 12.1 Å². The van der Waals surface area contributed by atoms with Gasteiger partial charge in [-0.1, -0.05) is 31.2 Å². The van der Waals surface area contributed by atoms with Crippen molar-refractivity contribution in [1.29, 1.82) is 0 Å². The summed E-state index contributed by atoms with van der Waals surface area (Å²) >= 11 is 3.12. The zero-order chi connectivity index (χ0) is 25.7. The maximum absolute atomic E-state index is 12.9. The fraction of sp³-hybridized carbons (Fsp3) is 0.259.